The van der Waals surface area contributed by atoms with Gasteiger partial charge in [0.25, 0.3) is 0 Å². The van der Waals surface area contributed by atoms with Crippen LogP contribution < -0.4 is 4.74 Å². The van der Waals surface area contributed by atoms with Gasteiger partial charge in [0.15, 0.2) is 0 Å². The van der Waals surface area contributed by atoms with Gasteiger partial charge in [0.05, 0.1) is 32.3 Å². The Morgan fingerprint density at radius 3 is 2.52 bits per heavy atom. The van der Waals surface area contributed by atoms with E-state index in [-0.39, 0.29) is 43.5 Å². The van der Waals surface area contributed by atoms with Gasteiger partial charge in [0, 0.05) is 31.5 Å². The lowest BCUT2D eigenvalue weighted by Gasteiger charge is -2.34. The number of carbonyl (C=O) groups excluding carboxylic acids is 2. The number of benzene rings is 1. The van der Waals surface area contributed by atoms with E-state index in [0.717, 1.165) is 37.0 Å². The molecule has 0 N–H and O–H groups in total. The number of amides is 2. The predicted octanol–water partition coefficient (Wildman–Crippen LogP) is 3.44. The lowest BCUT2D eigenvalue weighted by Crippen LogP contribution is -2.46. The van der Waals surface area contributed by atoms with Crippen molar-refractivity contribution in [3.05, 3.63) is 60.4 Å². The molecule has 1 aliphatic heterocycles. The van der Waals surface area contributed by atoms with Crippen LogP contribution in [0.3, 0.4) is 0 Å². The van der Waals surface area contributed by atoms with Gasteiger partial charge in [-0.1, -0.05) is 37.5 Å². The fraction of sp³-hybridized carbons (Fsp3) is 0.500. The van der Waals surface area contributed by atoms with E-state index in [0.29, 0.717) is 19.7 Å². The maximum Gasteiger partial charge on any atom is 0.242 e. The molecule has 1 atom stereocenters. The standard InChI is InChI=1S/C26H33N3O4/c30-25(13-16-32-23-9-5-2-6-10-23)28-17-24(33-20-21-11-14-27-15-12-21)18-29(26(31)19-28)22-7-3-1-4-8-22/h2,5-6,9-12,14-15,22,24H,1,3-4,7-8,13,16-20H2. The Labute approximate surface area is 195 Å². The van der Waals surface area contributed by atoms with Gasteiger partial charge in [-0.05, 0) is 42.7 Å². The number of ether oxygens (including phenoxy) is 2. The number of carbonyl (C=O) groups is 2. The number of hydrogen-bond acceptors (Lipinski definition) is 5. The molecule has 1 unspecified atom stereocenters. The van der Waals surface area contributed by atoms with Crippen LogP contribution in [0.5, 0.6) is 5.75 Å². The second-order valence-corrected chi connectivity index (χ2v) is 8.81. The topological polar surface area (TPSA) is 72.0 Å². The quantitative estimate of drug-likeness (QED) is 0.615. The largest absolute Gasteiger partial charge is 0.493 e. The van der Waals surface area contributed by atoms with Crippen molar-refractivity contribution in [1.82, 2.24) is 14.8 Å². The molecule has 0 radical (unpaired) electrons. The molecular formula is C26H33N3O4. The zero-order valence-electron chi connectivity index (χ0n) is 19.1. The minimum absolute atomic E-state index is 0.0224. The minimum atomic E-state index is -0.231. The number of pyridine rings is 1. The van der Waals surface area contributed by atoms with Gasteiger partial charge < -0.3 is 19.3 Å². The molecule has 2 heterocycles. The summed E-state index contributed by atoms with van der Waals surface area (Å²) in [6, 6.07) is 13.5. The molecule has 2 aromatic rings. The molecule has 7 heteroatoms. The summed E-state index contributed by atoms with van der Waals surface area (Å²) in [6.07, 6.45) is 9.06. The average molecular weight is 452 g/mol. The maximum absolute atomic E-state index is 13.2. The van der Waals surface area contributed by atoms with Crippen LogP contribution in [0.25, 0.3) is 0 Å². The van der Waals surface area contributed by atoms with Crippen molar-refractivity contribution in [2.45, 2.75) is 57.3 Å². The highest BCUT2D eigenvalue weighted by molar-refractivity contribution is 5.85. The zero-order chi connectivity index (χ0) is 22.9. The second kappa shape index (κ2) is 11.8. The van der Waals surface area contributed by atoms with E-state index in [1.807, 2.05) is 47.4 Å². The van der Waals surface area contributed by atoms with Crippen molar-refractivity contribution >= 4 is 11.8 Å². The average Bonchev–Trinajstić information content (AvgIpc) is 3.03. The Balaban J connectivity index is 1.40. The summed E-state index contributed by atoms with van der Waals surface area (Å²) < 4.78 is 11.9. The zero-order valence-corrected chi connectivity index (χ0v) is 19.1. The van der Waals surface area contributed by atoms with Crippen LogP contribution in [-0.2, 0) is 20.9 Å². The van der Waals surface area contributed by atoms with Crippen molar-refractivity contribution in [2.75, 3.05) is 26.2 Å². The number of aromatic nitrogens is 1. The molecule has 2 amide bonds. The van der Waals surface area contributed by atoms with Crippen molar-refractivity contribution in [1.29, 1.82) is 0 Å². The fourth-order valence-corrected chi connectivity index (χ4v) is 4.61. The smallest absolute Gasteiger partial charge is 0.242 e. The Morgan fingerprint density at radius 1 is 1.00 bits per heavy atom. The first-order valence-corrected chi connectivity index (χ1v) is 11.9. The Hall–Kier alpha value is -2.93. The van der Waals surface area contributed by atoms with Gasteiger partial charge in [0.2, 0.25) is 11.8 Å². The van der Waals surface area contributed by atoms with E-state index in [1.54, 1.807) is 17.3 Å². The highest BCUT2D eigenvalue weighted by Gasteiger charge is 2.34. The van der Waals surface area contributed by atoms with Crippen LogP contribution in [0.15, 0.2) is 54.9 Å². The lowest BCUT2D eigenvalue weighted by atomic mass is 9.94. The molecule has 0 bridgehead atoms. The third-order valence-electron chi connectivity index (χ3n) is 6.40. The normalized spacial score (nSPS) is 19.9. The molecule has 1 saturated heterocycles. The van der Waals surface area contributed by atoms with Crippen LogP contribution in [0.4, 0.5) is 0 Å². The minimum Gasteiger partial charge on any atom is -0.493 e. The van der Waals surface area contributed by atoms with Crippen molar-refractivity contribution < 1.29 is 19.1 Å². The van der Waals surface area contributed by atoms with Crippen molar-refractivity contribution in [3.8, 4) is 5.75 Å². The highest BCUT2D eigenvalue weighted by atomic mass is 16.5. The third-order valence-corrected chi connectivity index (χ3v) is 6.40. The summed E-state index contributed by atoms with van der Waals surface area (Å²) in [6.45, 7) is 1.75. The van der Waals surface area contributed by atoms with Gasteiger partial charge in [-0.25, -0.2) is 0 Å². The second-order valence-electron chi connectivity index (χ2n) is 8.81. The molecule has 33 heavy (non-hydrogen) atoms. The number of nitrogens with zero attached hydrogens (tertiary/aromatic N) is 3. The first kappa shape index (κ1) is 23.2. The van der Waals surface area contributed by atoms with Gasteiger partial charge in [-0.15, -0.1) is 0 Å². The summed E-state index contributed by atoms with van der Waals surface area (Å²) in [5.74, 6) is 0.677. The van der Waals surface area contributed by atoms with Crippen LogP contribution in [0.2, 0.25) is 0 Å². The SMILES string of the molecule is O=C(CCOc1ccccc1)N1CC(=O)N(C2CCCCC2)CC(OCc2ccncc2)C1. The van der Waals surface area contributed by atoms with Gasteiger partial charge in [0.1, 0.15) is 5.75 Å². The van der Waals surface area contributed by atoms with Crippen LogP contribution in [0.1, 0.15) is 44.1 Å². The lowest BCUT2D eigenvalue weighted by molar-refractivity contribution is -0.140. The Kier molecular flexibility index (Phi) is 8.30. The highest BCUT2D eigenvalue weighted by Crippen LogP contribution is 2.25. The first-order valence-electron chi connectivity index (χ1n) is 11.9. The monoisotopic (exact) mass is 451 g/mol. The van der Waals surface area contributed by atoms with Crippen molar-refractivity contribution in [2.24, 2.45) is 0 Å². The predicted molar refractivity (Wildman–Crippen MR) is 125 cm³/mol. The molecule has 176 valence electrons. The van der Waals surface area contributed by atoms with E-state index < -0.39 is 0 Å². The summed E-state index contributed by atoms with van der Waals surface area (Å²) in [5, 5.41) is 0. The van der Waals surface area contributed by atoms with E-state index in [4.69, 9.17) is 9.47 Å². The molecule has 0 spiro atoms. The maximum atomic E-state index is 13.2. The van der Waals surface area contributed by atoms with Gasteiger partial charge >= 0.3 is 0 Å². The first-order chi connectivity index (χ1) is 16.2. The summed E-state index contributed by atoms with van der Waals surface area (Å²) >= 11 is 0. The molecule has 2 fully saturated rings. The van der Waals surface area contributed by atoms with Crippen LogP contribution in [0, 0.1) is 0 Å². The summed E-state index contributed by atoms with van der Waals surface area (Å²) in [7, 11) is 0. The van der Waals surface area contributed by atoms with Crippen LogP contribution in [-0.4, -0.2) is 65.0 Å². The molecule has 1 saturated carbocycles. The number of para-hydroxylation sites is 1. The van der Waals surface area contributed by atoms with E-state index in [1.165, 1.54) is 6.42 Å². The molecule has 1 aromatic heterocycles. The Bertz CT molecular complexity index is 887. The van der Waals surface area contributed by atoms with Crippen LogP contribution >= 0.6 is 0 Å². The van der Waals surface area contributed by atoms with E-state index in [2.05, 4.69) is 4.98 Å². The van der Waals surface area contributed by atoms with E-state index >= 15 is 0 Å². The van der Waals surface area contributed by atoms with Gasteiger partial charge in [-0.3, -0.25) is 14.6 Å². The van der Waals surface area contributed by atoms with Crippen molar-refractivity contribution in [3.63, 3.8) is 0 Å². The summed E-state index contributed by atoms with van der Waals surface area (Å²) in [5.41, 5.74) is 1.03. The summed E-state index contributed by atoms with van der Waals surface area (Å²) in [4.78, 5) is 33.9. The molecule has 4 rings (SSSR count). The molecular weight excluding hydrogens is 418 g/mol. The Morgan fingerprint density at radius 2 is 1.76 bits per heavy atom. The fourth-order valence-electron chi connectivity index (χ4n) is 4.61. The number of hydrogen-bond donors (Lipinski definition) is 0. The molecule has 2 aliphatic rings. The van der Waals surface area contributed by atoms with Gasteiger partial charge in [-0.2, -0.15) is 0 Å². The van der Waals surface area contributed by atoms with E-state index in [9.17, 15) is 9.59 Å². The molecule has 1 aliphatic carbocycles. The molecule has 1 aromatic carbocycles. The molecule has 7 nitrogen and oxygen atoms in total. The third kappa shape index (κ3) is 6.78. The number of rotatable bonds is 8.